The number of aromatic nitrogens is 1. The van der Waals surface area contributed by atoms with Crippen LogP contribution < -0.4 is 14.8 Å². The van der Waals surface area contributed by atoms with Crippen LogP contribution >= 0.6 is 11.6 Å². The van der Waals surface area contributed by atoms with E-state index in [-0.39, 0.29) is 12.1 Å². The highest BCUT2D eigenvalue weighted by Gasteiger charge is 2.32. The predicted octanol–water partition coefficient (Wildman–Crippen LogP) is 4.80. The minimum Gasteiger partial charge on any atom is -0.493 e. The third-order valence-corrected chi connectivity index (χ3v) is 5.33. The highest BCUT2D eigenvalue weighted by molar-refractivity contribution is 6.30. The predicted molar refractivity (Wildman–Crippen MR) is 113 cm³/mol. The lowest BCUT2D eigenvalue weighted by atomic mass is 9.99. The van der Waals surface area contributed by atoms with Gasteiger partial charge in [0.2, 0.25) is 0 Å². The molecule has 2 heterocycles. The number of benzene rings is 2. The Morgan fingerprint density at radius 3 is 2.62 bits per heavy atom. The van der Waals surface area contributed by atoms with Crippen LogP contribution in [0.1, 0.15) is 17.3 Å². The van der Waals surface area contributed by atoms with Crippen LogP contribution in [0, 0.1) is 0 Å². The number of ether oxygens (including phenoxy) is 2. The van der Waals surface area contributed by atoms with E-state index in [2.05, 4.69) is 9.88 Å². The van der Waals surface area contributed by atoms with Gasteiger partial charge in [-0.2, -0.15) is 0 Å². The molecular weight excluding hydrogens is 390 g/mol. The van der Waals surface area contributed by atoms with Gasteiger partial charge in [0.05, 0.1) is 20.3 Å². The molecule has 0 saturated heterocycles. The quantitative estimate of drug-likeness (QED) is 0.671. The lowest BCUT2D eigenvalue weighted by Crippen LogP contribution is -2.44. The van der Waals surface area contributed by atoms with E-state index in [1.807, 2.05) is 53.6 Å². The molecule has 0 fully saturated rings. The second kappa shape index (κ2) is 8.09. The smallest absolute Gasteiger partial charge is 0.322 e. The number of methoxy groups -OCH3 is 2. The summed E-state index contributed by atoms with van der Waals surface area (Å²) in [6, 6.07) is 16.5. The monoisotopic (exact) mass is 411 g/mol. The van der Waals surface area contributed by atoms with Crippen molar-refractivity contribution < 1.29 is 14.3 Å². The number of nitrogens with zero attached hydrogens (tertiary/aromatic N) is 2. The lowest BCUT2D eigenvalue weighted by molar-refractivity contribution is 0.181. The molecule has 1 aliphatic heterocycles. The average Bonchev–Trinajstić information content (AvgIpc) is 3.21. The highest BCUT2D eigenvalue weighted by Crippen LogP contribution is 2.37. The first-order valence-electron chi connectivity index (χ1n) is 9.31. The van der Waals surface area contributed by atoms with E-state index < -0.39 is 0 Å². The number of urea groups is 1. The van der Waals surface area contributed by atoms with Gasteiger partial charge in [0.15, 0.2) is 11.5 Å². The topological polar surface area (TPSA) is 55.7 Å². The molecule has 0 saturated carbocycles. The number of nitrogens with one attached hydrogen (secondary N) is 1. The Morgan fingerprint density at radius 1 is 1.03 bits per heavy atom. The number of amides is 2. The van der Waals surface area contributed by atoms with Crippen LogP contribution in [0.25, 0.3) is 0 Å². The zero-order valence-electron chi connectivity index (χ0n) is 16.3. The Morgan fingerprint density at radius 2 is 1.86 bits per heavy atom. The van der Waals surface area contributed by atoms with Crippen LogP contribution in [0.15, 0.2) is 60.8 Å². The van der Waals surface area contributed by atoms with Gasteiger partial charge >= 0.3 is 6.03 Å². The van der Waals surface area contributed by atoms with Crippen molar-refractivity contribution >= 4 is 23.3 Å². The molecule has 150 valence electrons. The van der Waals surface area contributed by atoms with Gasteiger partial charge in [0.25, 0.3) is 0 Å². The molecule has 29 heavy (non-hydrogen) atoms. The number of carbonyl (C=O) groups is 1. The zero-order chi connectivity index (χ0) is 20.4. The van der Waals surface area contributed by atoms with E-state index in [1.54, 1.807) is 26.4 Å². The van der Waals surface area contributed by atoms with Crippen molar-refractivity contribution in [1.82, 2.24) is 9.47 Å². The van der Waals surface area contributed by atoms with Gasteiger partial charge in [-0.3, -0.25) is 0 Å². The van der Waals surface area contributed by atoms with Gasteiger partial charge < -0.3 is 24.3 Å². The molecule has 3 aromatic rings. The second-order valence-electron chi connectivity index (χ2n) is 6.78. The Kier molecular flexibility index (Phi) is 5.36. The van der Waals surface area contributed by atoms with Gasteiger partial charge in [-0.25, -0.2) is 4.79 Å². The van der Waals surface area contributed by atoms with Crippen molar-refractivity contribution in [2.24, 2.45) is 0 Å². The standard InChI is InChI=1S/C22H22ClN3O3/c1-28-19-9-8-15(13-20(19)29-2)21-18-7-4-10-25(18)11-12-26(21)22(27)24-17-6-3-5-16(23)14-17/h3-10,13-14,21H,11-12H2,1-2H3,(H,24,27). The van der Waals surface area contributed by atoms with Crippen molar-refractivity contribution in [3.63, 3.8) is 0 Å². The minimum absolute atomic E-state index is 0.181. The molecule has 1 atom stereocenters. The van der Waals surface area contributed by atoms with Crippen molar-refractivity contribution in [3.8, 4) is 11.5 Å². The summed E-state index contributed by atoms with van der Waals surface area (Å²) in [7, 11) is 3.21. The third kappa shape index (κ3) is 3.76. The summed E-state index contributed by atoms with van der Waals surface area (Å²) in [6.45, 7) is 1.31. The summed E-state index contributed by atoms with van der Waals surface area (Å²) >= 11 is 6.06. The van der Waals surface area contributed by atoms with Crippen molar-refractivity contribution in [2.45, 2.75) is 12.6 Å². The van der Waals surface area contributed by atoms with Gasteiger partial charge in [0, 0.05) is 35.7 Å². The Hall–Kier alpha value is -3.12. The minimum atomic E-state index is -0.252. The van der Waals surface area contributed by atoms with E-state index in [1.165, 1.54) is 0 Å². The molecular formula is C22H22ClN3O3. The fraction of sp³-hybridized carbons (Fsp3) is 0.227. The molecule has 6 nitrogen and oxygen atoms in total. The van der Waals surface area contributed by atoms with Crippen LogP contribution in [0.5, 0.6) is 11.5 Å². The summed E-state index contributed by atoms with van der Waals surface area (Å²) in [5.41, 5.74) is 2.66. The number of carbonyl (C=O) groups excluding carboxylic acids is 1. The van der Waals surface area contributed by atoms with E-state index >= 15 is 0 Å². The fourth-order valence-electron chi connectivity index (χ4n) is 3.74. The van der Waals surface area contributed by atoms with Crippen LogP contribution in [-0.4, -0.2) is 36.3 Å². The largest absolute Gasteiger partial charge is 0.493 e. The van der Waals surface area contributed by atoms with Crippen molar-refractivity contribution in [2.75, 3.05) is 26.1 Å². The number of hydrogen-bond donors (Lipinski definition) is 1. The molecule has 4 rings (SSSR count). The maximum atomic E-state index is 13.2. The Balaban J connectivity index is 1.70. The molecule has 1 N–H and O–H groups in total. The lowest BCUT2D eigenvalue weighted by Gasteiger charge is -2.37. The molecule has 0 bridgehead atoms. The van der Waals surface area contributed by atoms with Crippen LogP contribution in [0.2, 0.25) is 5.02 Å². The first-order chi connectivity index (χ1) is 14.1. The van der Waals surface area contributed by atoms with Gasteiger partial charge in [-0.1, -0.05) is 23.7 Å². The third-order valence-electron chi connectivity index (χ3n) is 5.10. The van der Waals surface area contributed by atoms with E-state index in [0.29, 0.717) is 28.8 Å². The molecule has 2 aromatic carbocycles. The van der Waals surface area contributed by atoms with Crippen LogP contribution in [0.3, 0.4) is 0 Å². The molecule has 0 aliphatic carbocycles. The summed E-state index contributed by atoms with van der Waals surface area (Å²) in [6.07, 6.45) is 2.04. The SMILES string of the molecule is COc1ccc(C2c3cccn3CCN2C(=O)Nc2cccc(Cl)c2)cc1OC. The molecule has 1 unspecified atom stereocenters. The molecule has 1 aliphatic rings. The van der Waals surface area contributed by atoms with Gasteiger partial charge in [-0.05, 0) is 48.0 Å². The maximum Gasteiger partial charge on any atom is 0.322 e. The number of halogens is 1. The van der Waals surface area contributed by atoms with E-state index in [0.717, 1.165) is 17.8 Å². The Labute approximate surface area is 174 Å². The number of fused-ring (bicyclic) bond motifs is 1. The number of rotatable bonds is 4. The molecule has 0 radical (unpaired) electrons. The van der Waals surface area contributed by atoms with Crippen molar-refractivity contribution in [3.05, 3.63) is 77.1 Å². The van der Waals surface area contributed by atoms with Gasteiger partial charge in [-0.15, -0.1) is 0 Å². The second-order valence-corrected chi connectivity index (χ2v) is 7.21. The summed E-state index contributed by atoms with van der Waals surface area (Å²) in [5, 5.41) is 3.54. The summed E-state index contributed by atoms with van der Waals surface area (Å²) < 4.78 is 13.0. The van der Waals surface area contributed by atoms with Crippen LogP contribution in [-0.2, 0) is 6.54 Å². The normalized spacial score (nSPS) is 15.6. The van der Waals surface area contributed by atoms with Crippen molar-refractivity contribution in [1.29, 1.82) is 0 Å². The van der Waals surface area contributed by atoms with E-state index in [9.17, 15) is 4.79 Å². The highest BCUT2D eigenvalue weighted by atomic mass is 35.5. The van der Waals surface area contributed by atoms with E-state index in [4.69, 9.17) is 21.1 Å². The molecule has 2 amide bonds. The summed E-state index contributed by atoms with van der Waals surface area (Å²) in [5.74, 6) is 1.28. The number of hydrogen-bond acceptors (Lipinski definition) is 3. The molecule has 1 aromatic heterocycles. The first kappa shape index (κ1) is 19.2. The summed E-state index contributed by atoms with van der Waals surface area (Å²) in [4.78, 5) is 15.0. The maximum absolute atomic E-state index is 13.2. The van der Waals surface area contributed by atoms with Gasteiger partial charge in [0.1, 0.15) is 0 Å². The Bertz CT molecular complexity index is 1030. The fourth-order valence-corrected chi connectivity index (χ4v) is 3.93. The molecule has 7 heteroatoms. The molecule has 0 spiro atoms. The first-order valence-corrected chi connectivity index (χ1v) is 9.68. The zero-order valence-corrected chi connectivity index (χ0v) is 17.0. The van der Waals surface area contributed by atoms with Crippen LogP contribution in [0.4, 0.5) is 10.5 Å². The average molecular weight is 412 g/mol. The number of anilines is 1.